The first kappa shape index (κ1) is 13.4. The first-order valence-corrected chi connectivity index (χ1v) is 6.17. The fourth-order valence-electron chi connectivity index (χ4n) is 1.72. The SMILES string of the molecule is Cn1cccc1C(=O)COCCOc1ccccc1. The average Bonchev–Trinajstić information content (AvgIpc) is 2.86. The minimum Gasteiger partial charge on any atom is -0.491 e. The van der Waals surface area contributed by atoms with Crippen molar-refractivity contribution in [1.82, 2.24) is 4.57 Å². The molecule has 0 N–H and O–H groups in total. The molecule has 0 aliphatic carbocycles. The number of para-hydroxylation sites is 1. The van der Waals surface area contributed by atoms with Gasteiger partial charge in [0.15, 0.2) is 0 Å². The van der Waals surface area contributed by atoms with Crippen LogP contribution in [0, 0.1) is 0 Å². The summed E-state index contributed by atoms with van der Waals surface area (Å²) in [4.78, 5) is 11.8. The molecule has 0 bridgehead atoms. The van der Waals surface area contributed by atoms with Crippen molar-refractivity contribution in [3.05, 3.63) is 54.4 Å². The van der Waals surface area contributed by atoms with Gasteiger partial charge in [0.1, 0.15) is 19.0 Å². The Bertz CT molecular complexity index is 519. The van der Waals surface area contributed by atoms with Crippen molar-refractivity contribution in [3.8, 4) is 5.75 Å². The molecule has 4 nitrogen and oxygen atoms in total. The van der Waals surface area contributed by atoms with Gasteiger partial charge in [-0.05, 0) is 24.3 Å². The number of aromatic nitrogens is 1. The van der Waals surface area contributed by atoms with Gasteiger partial charge in [-0.15, -0.1) is 0 Å². The van der Waals surface area contributed by atoms with E-state index in [1.807, 2.05) is 49.6 Å². The van der Waals surface area contributed by atoms with Crippen LogP contribution in [-0.4, -0.2) is 30.2 Å². The fraction of sp³-hybridized carbons (Fsp3) is 0.267. The van der Waals surface area contributed by atoms with E-state index in [2.05, 4.69) is 0 Å². The quantitative estimate of drug-likeness (QED) is 0.566. The van der Waals surface area contributed by atoms with Gasteiger partial charge in [0.25, 0.3) is 0 Å². The molecule has 0 spiro atoms. The summed E-state index contributed by atoms with van der Waals surface area (Å²) in [5, 5.41) is 0. The molecule has 0 fully saturated rings. The molecule has 0 amide bonds. The number of aryl methyl sites for hydroxylation is 1. The van der Waals surface area contributed by atoms with Gasteiger partial charge in [-0.2, -0.15) is 0 Å². The molecule has 100 valence electrons. The van der Waals surface area contributed by atoms with Crippen molar-refractivity contribution in [2.45, 2.75) is 0 Å². The molecule has 1 heterocycles. The summed E-state index contributed by atoms with van der Waals surface area (Å²) in [6.07, 6.45) is 1.84. The molecule has 1 aromatic carbocycles. The number of ether oxygens (including phenoxy) is 2. The standard InChI is InChI=1S/C15H17NO3/c1-16-9-5-8-14(16)15(17)12-18-10-11-19-13-6-3-2-4-7-13/h2-9H,10-12H2,1H3. The summed E-state index contributed by atoms with van der Waals surface area (Å²) in [5.41, 5.74) is 0.656. The van der Waals surface area contributed by atoms with Crippen molar-refractivity contribution >= 4 is 5.78 Å². The molecule has 0 radical (unpaired) electrons. The zero-order valence-electron chi connectivity index (χ0n) is 10.9. The lowest BCUT2D eigenvalue weighted by Crippen LogP contribution is -2.15. The van der Waals surface area contributed by atoms with Crippen LogP contribution in [0.2, 0.25) is 0 Å². The Kier molecular flexibility index (Phi) is 4.75. The number of nitrogens with zero attached hydrogens (tertiary/aromatic N) is 1. The van der Waals surface area contributed by atoms with Crippen LogP contribution in [0.4, 0.5) is 0 Å². The molecule has 0 atom stereocenters. The molecule has 0 aliphatic rings. The Hall–Kier alpha value is -2.07. The summed E-state index contributed by atoms with van der Waals surface area (Å²) in [5.74, 6) is 0.784. The summed E-state index contributed by atoms with van der Waals surface area (Å²) in [7, 11) is 1.84. The fourth-order valence-corrected chi connectivity index (χ4v) is 1.72. The van der Waals surface area contributed by atoms with E-state index in [1.54, 1.807) is 10.6 Å². The second-order valence-electron chi connectivity index (χ2n) is 4.14. The van der Waals surface area contributed by atoms with Gasteiger partial charge in [-0.3, -0.25) is 4.79 Å². The molecule has 0 unspecified atom stereocenters. The van der Waals surface area contributed by atoms with Crippen LogP contribution in [0.3, 0.4) is 0 Å². The third-order valence-corrected chi connectivity index (χ3v) is 2.70. The smallest absolute Gasteiger partial charge is 0.204 e. The number of hydrogen-bond acceptors (Lipinski definition) is 3. The van der Waals surface area contributed by atoms with Gasteiger partial charge in [0, 0.05) is 13.2 Å². The number of benzene rings is 1. The molecular weight excluding hydrogens is 242 g/mol. The zero-order chi connectivity index (χ0) is 13.5. The van der Waals surface area contributed by atoms with Crippen LogP contribution in [0.1, 0.15) is 10.5 Å². The summed E-state index contributed by atoms with van der Waals surface area (Å²) in [6, 6.07) is 13.1. The number of ketones is 1. The first-order chi connectivity index (χ1) is 9.27. The van der Waals surface area contributed by atoms with Crippen LogP contribution in [0.25, 0.3) is 0 Å². The average molecular weight is 259 g/mol. The van der Waals surface area contributed by atoms with Gasteiger partial charge in [0.05, 0.1) is 12.3 Å². The van der Waals surface area contributed by atoms with Gasteiger partial charge < -0.3 is 14.0 Å². The normalized spacial score (nSPS) is 10.4. The summed E-state index contributed by atoms with van der Waals surface area (Å²) in [6.45, 7) is 0.908. The largest absolute Gasteiger partial charge is 0.491 e. The number of carbonyl (C=O) groups is 1. The second kappa shape index (κ2) is 6.75. The maximum atomic E-state index is 11.8. The minimum absolute atomic E-state index is 0.0211. The molecular formula is C15H17NO3. The van der Waals surface area contributed by atoms with Crippen LogP contribution < -0.4 is 4.74 Å². The van der Waals surface area contributed by atoms with Crippen LogP contribution >= 0.6 is 0 Å². The van der Waals surface area contributed by atoms with Crippen LogP contribution in [0.15, 0.2) is 48.7 Å². The van der Waals surface area contributed by atoms with E-state index in [0.29, 0.717) is 18.9 Å². The Morgan fingerprint density at radius 1 is 1.11 bits per heavy atom. The minimum atomic E-state index is -0.0211. The zero-order valence-corrected chi connectivity index (χ0v) is 10.9. The highest BCUT2D eigenvalue weighted by Crippen LogP contribution is 2.07. The molecule has 1 aromatic heterocycles. The number of hydrogen-bond donors (Lipinski definition) is 0. The molecule has 2 rings (SSSR count). The summed E-state index contributed by atoms with van der Waals surface area (Å²) < 4.78 is 12.6. The van der Waals surface area contributed by atoms with E-state index in [0.717, 1.165) is 5.75 Å². The van der Waals surface area contributed by atoms with E-state index in [1.165, 1.54) is 0 Å². The molecule has 0 saturated heterocycles. The molecule has 2 aromatic rings. The Balaban J connectivity index is 1.65. The van der Waals surface area contributed by atoms with Crippen molar-refractivity contribution in [2.24, 2.45) is 7.05 Å². The predicted octanol–water partition coefficient (Wildman–Crippen LogP) is 2.30. The Morgan fingerprint density at radius 2 is 1.89 bits per heavy atom. The van der Waals surface area contributed by atoms with Crippen LogP contribution in [-0.2, 0) is 11.8 Å². The van der Waals surface area contributed by atoms with Gasteiger partial charge in [0.2, 0.25) is 5.78 Å². The number of rotatable bonds is 7. The maximum absolute atomic E-state index is 11.8. The van der Waals surface area contributed by atoms with Gasteiger partial charge >= 0.3 is 0 Å². The Morgan fingerprint density at radius 3 is 2.58 bits per heavy atom. The molecule has 19 heavy (non-hydrogen) atoms. The highest BCUT2D eigenvalue weighted by atomic mass is 16.5. The van der Waals surface area contributed by atoms with Crippen molar-refractivity contribution in [3.63, 3.8) is 0 Å². The summed E-state index contributed by atoms with van der Waals surface area (Å²) >= 11 is 0. The number of carbonyl (C=O) groups excluding carboxylic acids is 1. The lowest BCUT2D eigenvalue weighted by Gasteiger charge is -2.07. The second-order valence-corrected chi connectivity index (χ2v) is 4.14. The van der Waals surface area contributed by atoms with Crippen molar-refractivity contribution < 1.29 is 14.3 Å². The molecule has 4 heteroatoms. The van der Waals surface area contributed by atoms with E-state index in [4.69, 9.17) is 9.47 Å². The lowest BCUT2D eigenvalue weighted by molar-refractivity contribution is 0.0681. The molecule has 0 saturated carbocycles. The van der Waals surface area contributed by atoms with Crippen LogP contribution in [0.5, 0.6) is 5.75 Å². The van der Waals surface area contributed by atoms with E-state index < -0.39 is 0 Å². The van der Waals surface area contributed by atoms with Crippen molar-refractivity contribution in [2.75, 3.05) is 19.8 Å². The first-order valence-electron chi connectivity index (χ1n) is 6.17. The van der Waals surface area contributed by atoms with Gasteiger partial charge in [-0.25, -0.2) is 0 Å². The van der Waals surface area contributed by atoms with Gasteiger partial charge in [-0.1, -0.05) is 18.2 Å². The Labute approximate surface area is 112 Å². The predicted molar refractivity (Wildman–Crippen MR) is 72.5 cm³/mol. The maximum Gasteiger partial charge on any atom is 0.204 e. The van der Waals surface area contributed by atoms with Crippen molar-refractivity contribution in [1.29, 1.82) is 0 Å². The lowest BCUT2D eigenvalue weighted by atomic mass is 10.3. The molecule has 0 aliphatic heterocycles. The topological polar surface area (TPSA) is 40.5 Å². The monoisotopic (exact) mass is 259 g/mol. The van der Waals surface area contributed by atoms with E-state index in [-0.39, 0.29) is 12.4 Å². The van der Waals surface area contributed by atoms with E-state index in [9.17, 15) is 4.79 Å². The third kappa shape index (κ3) is 3.96. The third-order valence-electron chi connectivity index (χ3n) is 2.70. The van der Waals surface area contributed by atoms with E-state index >= 15 is 0 Å². The highest BCUT2D eigenvalue weighted by Gasteiger charge is 2.08. The highest BCUT2D eigenvalue weighted by molar-refractivity contribution is 5.95. The number of Topliss-reactive ketones (excluding diaryl/α,β-unsaturated/α-hetero) is 1.